The molecule has 144 valence electrons. The number of anilines is 1. The molecule has 0 saturated heterocycles. The number of hydrogen-bond acceptors (Lipinski definition) is 5. The largest absolute Gasteiger partial charge is 0.484 e. The first-order valence-corrected chi connectivity index (χ1v) is 8.91. The van der Waals surface area contributed by atoms with Gasteiger partial charge in [-0.05, 0) is 38.1 Å². The Morgan fingerprint density at radius 2 is 1.79 bits per heavy atom. The number of aryl methyl sites for hydroxylation is 1. The molecule has 0 fully saturated rings. The molecular weight excluding hydrogens is 358 g/mol. The number of nitrogens with zero attached hydrogens (tertiary/aromatic N) is 1. The Bertz CT molecular complexity index is 950. The van der Waals surface area contributed by atoms with Crippen molar-refractivity contribution >= 4 is 17.5 Å². The Labute approximate surface area is 162 Å². The van der Waals surface area contributed by atoms with Gasteiger partial charge < -0.3 is 19.9 Å². The predicted octanol–water partition coefficient (Wildman–Crippen LogP) is 3.42. The summed E-state index contributed by atoms with van der Waals surface area (Å²) in [5, 5.41) is 9.52. The lowest BCUT2D eigenvalue weighted by Crippen LogP contribution is -2.28. The molecule has 0 saturated carbocycles. The second-order valence-corrected chi connectivity index (χ2v) is 6.05. The first-order valence-electron chi connectivity index (χ1n) is 8.91. The standard InChI is InChI=1S/C21H21N3O4/c1-3-22-18(25)13-27-17-11-9-16(10-12-17)23-21(26)19-14(2)28-24-20(19)15-7-5-4-6-8-15/h4-12H,3,13H2,1-2H3,(H,22,25)(H,23,26). The number of amides is 2. The number of likely N-dealkylation sites (N-methyl/N-ethyl adjacent to an activating group) is 1. The van der Waals surface area contributed by atoms with Crippen molar-refractivity contribution in [2.24, 2.45) is 0 Å². The quantitative estimate of drug-likeness (QED) is 0.656. The van der Waals surface area contributed by atoms with E-state index >= 15 is 0 Å². The zero-order chi connectivity index (χ0) is 19.9. The molecule has 2 N–H and O–H groups in total. The molecule has 0 unspecified atom stereocenters. The number of benzene rings is 2. The number of nitrogens with one attached hydrogen (secondary N) is 2. The van der Waals surface area contributed by atoms with Gasteiger partial charge in [0.25, 0.3) is 11.8 Å². The van der Waals surface area contributed by atoms with Crippen LogP contribution in [0.1, 0.15) is 23.0 Å². The zero-order valence-corrected chi connectivity index (χ0v) is 15.7. The number of carbonyl (C=O) groups is 2. The minimum Gasteiger partial charge on any atom is -0.484 e. The molecule has 7 nitrogen and oxygen atoms in total. The smallest absolute Gasteiger partial charge is 0.261 e. The third-order valence-electron chi connectivity index (χ3n) is 3.99. The third kappa shape index (κ3) is 4.56. The van der Waals surface area contributed by atoms with Crippen LogP contribution in [0, 0.1) is 6.92 Å². The molecule has 2 aromatic carbocycles. The summed E-state index contributed by atoms with van der Waals surface area (Å²) in [7, 11) is 0. The second-order valence-electron chi connectivity index (χ2n) is 6.05. The molecule has 0 spiro atoms. The highest BCUT2D eigenvalue weighted by molar-refractivity contribution is 6.08. The molecular formula is C21H21N3O4. The van der Waals surface area contributed by atoms with Crippen molar-refractivity contribution in [3.05, 3.63) is 65.9 Å². The van der Waals surface area contributed by atoms with Crippen molar-refractivity contribution < 1.29 is 18.8 Å². The topological polar surface area (TPSA) is 93.5 Å². The van der Waals surface area contributed by atoms with Gasteiger partial charge in [0, 0.05) is 17.8 Å². The Balaban J connectivity index is 1.69. The van der Waals surface area contributed by atoms with Gasteiger partial charge in [0.15, 0.2) is 6.61 Å². The number of ether oxygens (including phenoxy) is 1. The average Bonchev–Trinajstić information content (AvgIpc) is 3.10. The highest BCUT2D eigenvalue weighted by Crippen LogP contribution is 2.26. The number of carbonyl (C=O) groups excluding carboxylic acids is 2. The Kier molecular flexibility index (Phi) is 6.06. The van der Waals surface area contributed by atoms with E-state index in [0.29, 0.717) is 35.0 Å². The van der Waals surface area contributed by atoms with Crippen LogP contribution in [0.5, 0.6) is 5.75 Å². The monoisotopic (exact) mass is 379 g/mol. The highest BCUT2D eigenvalue weighted by Gasteiger charge is 2.21. The molecule has 7 heteroatoms. The first-order chi connectivity index (χ1) is 13.6. The van der Waals surface area contributed by atoms with E-state index < -0.39 is 0 Å². The van der Waals surface area contributed by atoms with Crippen molar-refractivity contribution in [2.75, 3.05) is 18.5 Å². The van der Waals surface area contributed by atoms with Crippen LogP contribution in [-0.4, -0.2) is 30.1 Å². The summed E-state index contributed by atoms with van der Waals surface area (Å²) in [4.78, 5) is 24.2. The normalized spacial score (nSPS) is 10.4. The summed E-state index contributed by atoms with van der Waals surface area (Å²) in [6.45, 7) is 4.04. The molecule has 3 rings (SSSR count). The number of rotatable bonds is 7. The Morgan fingerprint density at radius 1 is 1.07 bits per heavy atom. The number of hydrogen-bond donors (Lipinski definition) is 2. The summed E-state index contributed by atoms with van der Waals surface area (Å²) in [6, 6.07) is 16.2. The van der Waals surface area contributed by atoms with Gasteiger partial charge in [0.1, 0.15) is 22.8 Å². The van der Waals surface area contributed by atoms with E-state index in [0.717, 1.165) is 5.56 Å². The minimum atomic E-state index is -0.311. The molecule has 0 atom stereocenters. The van der Waals surface area contributed by atoms with Crippen molar-refractivity contribution in [1.29, 1.82) is 0 Å². The molecule has 1 heterocycles. The van der Waals surface area contributed by atoms with Crippen LogP contribution in [0.4, 0.5) is 5.69 Å². The summed E-state index contributed by atoms with van der Waals surface area (Å²) < 4.78 is 10.6. The molecule has 3 aromatic rings. The first kappa shape index (κ1) is 19.2. The second kappa shape index (κ2) is 8.85. The zero-order valence-electron chi connectivity index (χ0n) is 15.7. The molecule has 28 heavy (non-hydrogen) atoms. The Morgan fingerprint density at radius 3 is 2.46 bits per heavy atom. The van der Waals surface area contributed by atoms with E-state index in [1.165, 1.54) is 0 Å². The lowest BCUT2D eigenvalue weighted by molar-refractivity contribution is -0.122. The van der Waals surface area contributed by atoms with Crippen LogP contribution in [0.2, 0.25) is 0 Å². The summed E-state index contributed by atoms with van der Waals surface area (Å²) in [5.41, 5.74) is 2.29. The summed E-state index contributed by atoms with van der Waals surface area (Å²) in [5.74, 6) is 0.485. The van der Waals surface area contributed by atoms with Gasteiger partial charge in [-0.2, -0.15) is 0 Å². The van der Waals surface area contributed by atoms with Crippen LogP contribution in [0.3, 0.4) is 0 Å². The molecule has 2 amide bonds. The highest BCUT2D eigenvalue weighted by atomic mass is 16.5. The summed E-state index contributed by atoms with van der Waals surface area (Å²) in [6.07, 6.45) is 0. The maximum Gasteiger partial charge on any atom is 0.261 e. The lowest BCUT2D eigenvalue weighted by atomic mass is 10.1. The fourth-order valence-corrected chi connectivity index (χ4v) is 2.66. The van der Waals surface area contributed by atoms with Crippen molar-refractivity contribution in [3.63, 3.8) is 0 Å². The minimum absolute atomic E-state index is 0.0557. The van der Waals surface area contributed by atoms with Crippen LogP contribution in [-0.2, 0) is 4.79 Å². The van der Waals surface area contributed by atoms with Gasteiger partial charge in [-0.15, -0.1) is 0 Å². The van der Waals surface area contributed by atoms with Crippen LogP contribution < -0.4 is 15.4 Å². The molecule has 0 bridgehead atoms. The van der Waals surface area contributed by atoms with Gasteiger partial charge >= 0.3 is 0 Å². The summed E-state index contributed by atoms with van der Waals surface area (Å²) >= 11 is 0. The van der Waals surface area contributed by atoms with E-state index in [4.69, 9.17) is 9.26 Å². The van der Waals surface area contributed by atoms with E-state index in [9.17, 15) is 9.59 Å². The van der Waals surface area contributed by atoms with Gasteiger partial charge in [-0.1, -0.05) is 35.5 Å². The van der Waals surface area contributed by atoms with Gasteiger partial charge in [0.2, 0.25) is 0 Å². The van der Waals surface area contributed by atoms with Crippen molar-refractivity contribution in [2.45, 2.75) is 13.8 Å². The van der Waals surface area contributed by atoms with E-state index in [2.05, 4.69) is 15.8 Å². The average molecular weight is 379 g/mol. The van der Waals surface area contributed by atoms with E-state index in [1.54, 1.807) is 31.2 Å². The SMILES string of the molecule is CCNC(=O)COc1ccc(NC(=O)c2c(-c3ccccc3)noc2C)cc1. The van der Waals surface area contributed by atoms with Crippen molar-refractivity contribution in [3.8, 4) is 17.0 Å². The van der Waals surface area contributed by atoms with Gasteiger partial charge in [-0.25, -0.2) is 0 Å². The maximum atomic E-state index is 12.8. The van der Waals surface area contributed by atoms with Gasteiger partial charge in [0.05, 0.1) is 0 Å². The molecule has 0 aliphatic rings. The lowest BCUT2D eigenvalue weighted by Gasteiger charge is -2.08. The molecule has 1 aromatic heterocycles. The fraction of sp³-hybridized carbons (Fsp3) is 0.190. The molecule has 0 aliphatic heterocycles. The van der Waals surface area contributed by atoms with E-state index in [-0.39, 0.29) is 18.4 Å². The van der Waals surface area contributed by atoms with Crippen LogP contribution in [0.25, 0.3) is 11.3 Å². The van der Waals surface area contributed by atoms with E-state index in [1.807, 2.05) is 37.3 Å². The number of aromatic nitrogens is 1. The van der Waals surface area contributed by atoms with Gasteiger partial charge in [-0.3, -0.25) is 9.59 Å². The van der Waals surface area contributed by atoms with Crippen LogP contribution in [0.15, 0.2) is 59.1 Å². The third-order valence-corrected chi connectivity index (χ3v) is 3.99. The Hall–Kier alpha value is -3.61. The van der Waals surface area contributed by atoms with Crippen molar-refractivity contribution in [1.82, 2.24) is 10.5 Å². The molecule has 0 radical (unpaired) electrons. The predicted molar refractivity (Wildman–Crippen MR) is 105 cm³/mol. The molecule has 0 aliphatic carbocycles. The van der Waals surface area contributed by atoms with Crippen LogP contribution >= 0.6 is 0 Å². The fourth-order valence-electron chi connectivity index (χ4n) is 2.66. The maximum absolute atomic E-state index is 12.8.